The van der Waals surface area contributed by atoms with Gasteiger partial charge in [-0.1, -0.05) is 34.6 Å². The molecule has 0 aliphatic rings. The number of rotatable bonds is 11. The van der Waals surface area contributed by atoms with Crippen molar-refractivity contribution in [1.82, 2.24) is 10.6 Å². The molecule has 0 rings (SSSR count). The van der Waals surface area contributed by atoms with E-state index in [0.717, 1.165) is 6.42 Å². The largest absolute Gasteiger partial charge is 0.314 e. The van der Waals surface area contributed by atoms with E-state index >= 15 is 0 Å². The lowest BCUT2D eigenvalue weighted by Crippen LogP contribution is -2.38. The minimum atomic E-state index is -0.254. The second kappa shape index (κ2) is 9.24. The molecule has 0 saturated heterocycles. The van der Waals surface area contributed by atoms with E-state index in [4.69, 9.17) is 0 Å². The first-order valence-electron chi connectivity index (χ1n) is 7.73. The Morgan fingerprint density at radius 2 is 1.55 bits per heavy atom. The van der Waals surface area contributed by atoms with Crippen LogP contribution in [0.1, 0.15) is 60.8 Å². The summed E-state index contributed by atoms with van der Waals surface area (Å²) >= 11 is 0. The SMILES string of the molecule is CCC(C)(C)C(=O)CCNC(C)C(=O)CCNC(C)C. The first-order chi connectivity index (χ1) is 9.20. The first-order valence-corrected chi connectivity index (χ1v) is 7.73. The van der Waals surface area contributed by atoms with Gasteiger partial charge in [0.05, 0.1) is 6.04 Å². The molecule has 0 aromatic heterocycles. The van der Waals surface area contributed by atoms with E-state index in [0.29, 0.717) is 32.0 Å². The van der Waals surface area contributed by atoms with E-state index < -0.39 is 0 Å². The zero-order valence-corrected chi connectivity index (χ0v) is 14.0. The van der Waals surface area contributed by atoms with Crippen molar-refractivity contribution in [2.24, 2.45) is 5.41 Å². The van der Waals surface area contributed by atoms with Crippen LogP contribution in [0.4, 0.5) is 0 Å². The number of Topliss-reactive ketones (excluding diaryl/α,β-unsaturated/α-hetero) is 2. The molecule has 0 heterocycles. The van der Waals surface area contributed by atoms with Crippen molar-refractivity contribution in [3.05, 3.63) is 0 Å². The van der Waals surface area contributed by atoms with Crippen molar-refractivity contribution < 1.29 is 9.59 Å². The molecule has 0 saturated carbocycles. The zero-order chi connectivity index (χ0) is 15.8. The minimum absolute atomic E-state index is 0.179. The molecular weight excluding hydrogens is 252 g/mol. The van der Waals surface area contributed by atoms with E-state index in [1.807, 2.05) is 27.7 Å². The van der Waals surface area contributed by atoms with Crippen LogP contribution < -0.4 is 10.6 Å². The number of nitrogens with one attached hydrogen (secondary N) is 2. The maximum atomic E-state index is 12.0. The van der Waals surface area contributed by atoms with E-state index in [9.17, 15) is 9.59 Å². The maximum Gasteiger partial charge on any atom is 0.150 e. The quantitative estimate of drug-likeness (QED) is 0.611. The normalized spacial score (nSPS) is 13.6. The Kier molecular flexibility index (Phi) is 8.90. The molecule has 0 aromatic rings. The summed E-state index contributed by atoms with van der Waals surface area (Å²) in [7, 11) is 0. The predicted molar refractivity (Wildman–Crippen MR) is 83.9 cm³/mol. The molecule has 0 fully saturated rings. The van der Waals surface area contributed by atoms with E-state index in [1.54, 1.807) is 0 Å². The average molecular weight is 284 g/mol. The Morgan fingerprint density at radius 1 is 1.00 bits per heavy atom. The third-order valence-corrected chi connectivity index (χ3v) is 3.85. The van der Waals surface area contributed by atoms with Gasteiger partial charge in [-0.2, -0.15) is 0 Å². The average Bonchev–Trinajstić information content (AvgIpc) is 2.37. The molecule has 1 atom stereocenters. The van der Waals surface area contributed by atoms with Crippen molar-refractivity contribution in [1.29, 1.82) is 0 Å². The highest BCUT2D eigenvalue weighted by atomic mass is 16.1. The molecule has 118 valence electrons. The van der Waals surface area contributed by atoms with Gasteiger partial charge in [0.1, 0.15) is 5.78 Å². The number of ketones is 2. The highest BCUT2D eigenvalue weighted by Crippen LogP contribution is 2.22. The molecule has 0 spiro atoms. The Bertz CT molecular complexity index is 312. The number of hydrogen-bond acceptors (Lipinski definition) is 4. The van der Waals surface area contributed by atoms with Gasteiger partial charge in [0.15, 0.2) is 5.78 Å². The summed E-state index contributed by atoms with van der Waals surface area (Å²) in [6, 6.07) is 0.224. The van der Waals surface area contributed by atoms with Gasteiger partial charge in [0, 0.05) is 37.4 Å². The lowest BCUT2D eigenvalue weighted by molar-refractivity contribution is -0.127. The lowest BCUT2D eigenvalue weighted by Gasteiger charge is -2.21. The van der Waals surface area contributed by atoms with Gasteiger partial charge in [0.25, 0.3) is 0 Å². The number of hydrogen-bond donors (Lipinski definition) is 2. The fraction of sp³-hybridized carbons (Fsp3) is 0.875. The van der Waals surface area contributed by atoms with Crippen molar-refractivity contribution in [3.8, 4) is 0 Å². The summed E-state index contributed by atoms with van der Waals surface area (Å²) in [6.45, 7) is 13.3. The monoisotopic (exact) mass is 284 g/mol. The van der Waals surface area contributed by atoms with Crippen molar-refractivity contribution in [2.45, 2.75) is 72.9 Å². The highest BCUT2D eigenvalue weighted by Gasteiger charge is 2.24. The van der Waals surface area contributed by atoms with Crippen LogP contribution in [-0.2, 0) is 9.59 Å². The van der Waals surface area contributed by atoms with E-state index in [1.165, 1.54) is 0 Å². The van der Waals surface area contributed by atoms with Crippen molar-refractivity contribution >= 4 is 11.6 Å². The molecule has 0 bridgehead atoms. The molecule has 1 unspecified atom stereocenters. The van der Waals surface area contributed by atoms with E-state index in [2.05, 4.69) is 24.5 Å². The zero-order valence-electron chi connectivity index (χ0n) is 14.0. The van der Waals surface area contributed by atoms with Crippen LogP contribution >= 0.6 is 0 Å². The topological polar surface area (TPSA) is 58.2 Å². The molecule has 0 aromatic carbocycles. The number of carbonyl (C=O) groups is 2. The van der Waals surface area contributed by atoms with Gasteiger partial charge in [-0.25, -0.2) is 0 Å². The summed E-state index contributed by atoms with van der Waals surface area (Å²) in [6.07, 6.45) is 1.87. The summed E-state index contributed by atoms with van der Waals surface area (Å²) < 4.78 is 0. The third kappa shape index (κ3) is 7.75. The summed E-state index contributed by atoms with van der Waals surface area (Å²) in [5, 5.41) is 6.38. The first kappa shape index (κ1) is 19.3. The standard InChI is InChI=1S/C16H32N2O2/c1-7-16(5,6)15(20)9-11-18-13(4)14(19)8-10-17-12(2)3/h12-13,17-18H,7-11H2,1-6H3. The molecule has 4 heteroatoms. The van der Waals surface area contributed by atoms with Crippen LogP contribution in [0.15, 0.2) is 0 Å². The molecule has 0 amide bonds. The minimum Gasteiger partial charge on any atom is -0.314 e. The Morgan fingerprint density at radius 3 is 2.05 bits per heavy atom. The molecule has 0 radical (unpaired) electrons. The summed E-state index contributed by atoms with van der Waals surface area (Å²) in [5.74, 6) is 0.453. The maximum absolute atomic E-state index is 12.0. The fourth-order valence-corrected chi connectivity index (χ4v) is 1.75. The fourth-order valence-electron chi connectivity index (χ4n) is 1.75. The highest BCUT2D eigenvalue weighted by molar-refractivity contribution is 5.85. The van der Waals surface area contributed by atoms with Crippen molar-refractivity contribution in [3.63, 3.8) is 0 Å². The molecular formula is C16H32N2O2. The molecule has 4 nitrogen and oxygen atoms in total. The van der Waals surface area contributed by atoms with Gasteiger partial charge < -0.3 is 10.6 Å². The summed E-state index contributed by atoms with van der Waals surface area (Å²) in [5.41, 5.74) is -0.254. The second-order valence-electron chi connectivity index (χ2n) is 6.41. The smallest absolute Gasteiger partial charge is 0.150 e. The van der Waals surface area contributed by atoms with Crippen LogP contribution in [0, 0.1) is 5.41 Å². The predicted octanol–water partition coefficient (Wildman–Crippen LogP) is 2.32. The second-order valence-corrected chi connectivity index (χ2v) is 6.41. The van der Waals surface area contributed by atoms with Crippen LogP contribution in [0.25, 0.3) is 0 Å². The lowest BCUT2D eigenvalue weighted by atomic mass is 9.84. The Labute approximate surface area is 124 Å². The Hall–Kier alpha value is -0.740. The molecule has 20 heavy (non-hydrogen) atoms. The van der Waals surface area contributed by atoms with Gasteiger partial charge in [-0.3, -0.25) is 9.59 Å². The molecule has 0 aliphatic heterocycles. The van der Waals surface area contributed by atoms with Gasteiger partial charge in [-0.05, 0) is 13.3 Å². The van der Waals surface area contributed by atoms with Crippen molar-refractivity contribution in [2.75, 3.05) is 13.1 Å². The van der Waals surface area contributed by atoms with Crippen LogP contribution in [-0.4, -0.2) is 36.7 Å². The number of carbonyl (C=O) groups excluding carboxylic acids is 2. The van der Waals surface area contributed by atoms with Gasteiger partial charge in [0.2, 0.25) is 0 Å². The van der Waals surface area contributed by atoms with Gasteiger partial charge in [-0.15, -0.1) is 0 Å². The summed E-state index contributed by atoms with van der Waals surface area (Å²) in [4.78, 5) is 23.8. The van der Waals surface area contributed by atoms with Crippen LogP contribution in [0.2, 0.25) is 0 Å². The third-order valence-electron chi connectivity index (χ3n) is 3.85. The van der Waals surface area contributed by atoms with Crippen LogP contribution in [0.3, 0.4) is 0 Å². The Balaban J connectivity index is 3.90. The van der Waals surface area contributed by atoms with Gasteiger partial charge >= 0.3 is 0 Å². The van der Waals surface area contributed by atoms with Crippen LogP contribution in [0.5, 0.6) is 0 Å². The van der Waals surface area contributed by atoms with E-state index in [-0.39, 0.29) is 23.0 Å². The molecule has 0 aliphatic carbocycles. The molecule has 2 N–H and O–H groups in total.